The topological polar surface area (TPSA) is 67.2 Å². The van der Waals surface area contributed by atoms with Gasteiger partial charge in [0.15, 0.2) is 0 Å². The average molecular weight is 213 g/mol. The number of amides is 2. The fraction of sp³-hybridized carbons (Fsp3) is 0.909. The maximum atomic E-state index is 10.4. The standard InChI is InChI=1S/C11H23N3O/c1-8-3-4-10(9(2)7-8)13-5-6-14-11(12)15/h8-10,13H,3-7H2,1-2H3,(H3,12,14,15). The summed E-state index contributed by atoms with van der Waals surface area (Å²) in [6.07, 6.45) is 3.87. The van der Waals surface area contributed by atoms with Crippen LogP contribution >= 0.6 is 0 Å². The Morgan fingerprint density at radius 3 is 2.67 bits per heavy atom. The molecule has 15 heavy (non-hydrogen) atoms. The van der Waals surface area contributed by atoms with E-state index < -0.39 is 6.03 Å². The van der Waals surface area contributed by atoms with Crippen LogP contribution in [-0.4, -0.2) is 25.2 Å². The zero-order valence-corrected chi connectivity index (χ0v) is 9.75. The highest BCUT2D eigenvalue weighted by Gasteiger charge is 2.24. The van der Waals surface area contributed by atoms with E-state index in [1.807, 2.05) is 0 Å². The molecule has 0 aliphatic heterocycles. The van der Waals surface area contributed by atoms with Crippen LogP contribution in [0.1, 0.15) is 33.1 Å². The molecular weight excluding hydrogens is 190 g/mol. The Balaban J connectivity index is 2.13. The van der Waals surface area contributed by atoms with Crippen molar-refractivity contribution in [3.63, 3.8) is 0 Å². The number of hydrogen-bond acceptors (Lipinski definition) is 2. The summed E-state index contributed by atoms with van der Waals surface area (Å²) in [6.45, 7) is 6.05. The highest BCUT2D eigenvalue weighted by molar-refractivity contribution is 5.71. The summed E-state index contributed by atoms with van der Waals surface area (Å²) in [5.41, 5.74) is 4.98. The van der Waals surface area contributed by atoms with Crippen molar-refractivity contribution in [2.45, 2.75) is 39.2 Å². The molecule has 4 nitrogen and oxygen atoms in total. The van der Waals surface area contributed by atoms with Crippen LogP contribution in [0.4, 0.5) is 4.79 Å². The molecule has 1 saturated carbocycles. The molecule has 0 heterocycles. The van der Waals surface area contributed by atoms with E-state index in [-0.39, 0.29) is 0 Å². The minimum atomic E-state index is -0.442. The first kappa shape index (κ1) is 12.3. The zero-order chi connectivity index (χ0) is 11.3. The third-order valence-corrected chi connectivity index (χ3v) is 3.26. The van der Waals surface area contributed by atoms with Crippen LogP contribution in [0, 0.1) is 11.8 Å². The van der Waals surface area contributed by atoms with Gasteiger partial charge in [-0.3, -0.25) is 0 Å². The largest absolute Gasteiger partial charge is 0.352 e. The summed E-state index contributed by atoms with van der Waals surface area (Å²) >= 11 is 0. The Morgan fingerprint density at radius 1 is 1.33 bits per heavy atom. The van der Waals surface area contributed by atoms with Gasteiger partial charge in [0.1, 0.15) is 0 Å². The predicted octanol–water partition coefficient (Wildman–Crippen LogP) is 1.07. The third-order valence-electron chi connectivity index (χ3n) is 3.26. The maximum absolute atomic E-state index is 10.4. The fourth-order valence-electron chi connectivity index (χ4n) is 2.41. The summed E-state index contributed by atoms with van der Waals surface area (Å²) < 4.78 is 0. The van der Waals surface area contributed by atoms with E-state index in [0.29, 0.717) is 12.6 Å². The van der Waals surface area contributed by atoms with E-state index in [1.54, 1.807) is 0 Å². The molecule has 0 aromatic heterocycles. The van der Waals surface area contributed by atoms with Crippen molar-refractivity contribution in [1.29, 1.82) is 0 Å². The summed E-state index contributed by atoms with van der Waals surface area (Å²) in [4.78, 5) is 10.4. The molecule has 3 atom stereocenters. The van der Waals surface area contributed by atoms with Gasteiger partial charge in [-0.15, -0.1) is 0 Å². The number of nitrogens with two attached hydrogens (primary N) is 1. The summed E-state index contributed by atoms with van der Waals surface area (Å²) in [5.74, 6) is 1.60. The normalized spacial score (nSPS) is 31.2. The Bertz CT molecular complexity index is 208. The number of primary amides is 1. The van der Waals surface area contributed by atoms with Crippen LogP contribution in [0.3, 0.4) is 0 Å². The molecule has 0 spiro atoms. The van der Waals surface area contributed by atoms with Gasteiger partial charge in [-0.25, -0.2) is 4.79 Å². The van der Waals surface area contributed by atoms with Gasteiger partial charge < -0.3 is 16.4 Å². The van der Waals surface area contributed by atoms with E-state index in [0.717, 1.165) is 18.4 Å². The molecule has 1 rings (SSSR count). The lowest BCUT2D eigenvalue weighted by molar-refractivity contribution is 0.227. The predicted molar refractivity (Wildman–Crippen MR) is 61.6 cm³/mol. The Hall–Kier alpha value is -0.770. The Labute approximate surface area is 92.0 Å². The van der Waals surface area contributed by atoms with E-state index in [1.165, 1.54) is 19.3 Å². The second kappa shape index (κ2) is 5.95. The number of carbonyl (C=O) groups is 1. The minimum absolute atomic E-state index is 0.442. The van der Waals surface area contributed by atoms with E-state index in [4.69, 9.17) is 5.73 Å². The second-order valence-electron chi connectivity index (χ2n) is 4.75. The summed E-state index contributed by atoms with van der Waals surface area (Å²) in [7, 11) is 0. The molecular formula is C11H23N3O. The zero-order valence-electron chi connectivity index (χ0n) is 9.75. The molecule has 0 radical (unpaired) electrons. The minimum Gasteiger partial charge on any atom is -0.352 e. The van der Waals surface area contributed by atoms with Crippen molar-refractivity contribution >= 4 is 6.03 Å². The van der Waals surface area contributed by atoms with Crippen LogP contribution in [0.25, 0.3) is 0 Å². The second-order valence-corrected chi connectivity index (χ2v) is 4.75. The van der Waals surface area contributed by atoms with Crippen LogP contribution in [-0.2, 0) is 0 Å². The van der Waals surface area contributed by atoms with Crippen molar-refractivity contribution < 1.29 is 4.79 Å². The van der Waals surface area contributed by atoms with Gasteiger partial charge in [0.25, 0.3) is 0 Å². The molecule has 4 heteroatoms. The van der Waals surface area contributed by atoms with E-state index in [2.05, 4.69) is 24.5 Å². The maximum Gasteiger partial charge on any atom is 0.312 e. The third kappa shape index (κ3) is 4.51. The van der Waals surface area contributed by atoms with Crippen molar-refractivity contribution in [3.05, 3.63) is 0 Å². The number of rotatable bonds is 4. The van der Waals surface area contributed by atoms with Crippen molar-refractivity contribution in [2.24, 2.45) is 17.6 Å². The number of carbonyl (C=O) groups excluding carboxylic acids is 1. The fourth-order valence-corrected chi connectivity index (χ4v) is 2.41. The van der Waals surface area contributed by atoms with Gasteiger partial charge in [0, 0.05) is 19.1 Å². The highest BCUT2D eigenvalue weighted by Crippen LogP contribution is 2.28. The number of hydrogen-bond donors (Lipinski definition) is 3. The monoisotopic (exact) mass is 213 g/mol. The Morgan fingerprint density at radius 2 is 2.07 bits per heavy atom. The molecule has 2 amide bonds. The van der Waals surface area contributed by atoms with Crippen LogP contribution < -0.4 is 16.4 Å². The molecule has 1 aliphatic rings. The lowest BCUT2D eigenvalue weighted by Gasteiger charge is -2.33. The summed E-state index contributed by atoms with van der Waals surface area (Å²) in [5, 5.41) is 6.06. The van der Waals surface area contributed by atoms with E-state index in [9.17, 15) is 4.79 Å². The molecule has 1 fully saturated rings. The van der Waals surface area contributed by atoms with E-state index >= 15 is 0 Å². The SMILES string of the molecule is CC1CCC(NCCNC(N)=O)C(C)C1. The van der Waals surface area contributed by atoms with Gasteiger partial charge in [-0.1, -0.05) is 13.8 Å². The van der Waals surface area contributed by atoms with Crippen LogP contribution in [0.15, 0.2) is 0 Å². The van der Waals surface area contributed by atoms with Crippen molar-refractivity contribution in [3.8, 4) is 0 Å². The van der Waals surface area contributed by atoms with Gasteiger partial charge in [-0.05, 0) is 31.1 Å². The van der Waals surface area contributed by atoms with Crippen LogP contribution in [0.5, 0.6) is 0 Å². The number of urea groups is 1. The Kier molecular flexibility index (Phi) is 4.88. The van der Waals surface area contributed by atoms with Crippen molar-refractivity contribution in [1.82, 2.24) is 10.6 Å². The first-order valence-electron chi connectivity index (χ1n) is 5.86. The van der Waals surface area contributed by atoms with Gasteiger partial charge in [0.05, 0.1) is 0 Å². The molecule has 0 saturated heterocycles. The molecule has 0 aromatic rings. The lowest BCUT2D eigenvalue weighted by atomic mass is 9.80. The molecule has 4 N–H and O–H groups in total. The quantitative estimate of drug-likeness (QED) is 0.611. The molecule has 88 valence electrons. The summed E-state index contributed by atoms with van der Waals surface area (Å²) in [6, 6.07) is 0.165. The van der Waals surface area contributed by atoms with Gasteiger partial charge >= 0.3 is 6.03 Å². The van der Waals surface area contributed by atoms with Gasteiger partial charge in [-0.2, -0.15) is 0 Å². The first-order valence-corrected chi connectivity index (χ1v) is 5.86. The first-order chi connectivity index (χ1) is 7.09. The lowest BCUT2D eigenvalue weighted by Crippen LogP contribution is -2.43. The average Bonchev–Trinajstić information content (AvgIpc) is 2.14. The number of nitrogens with one attached hydrogen (secondary N) is 2. The van der Waals surface area contributed by atoms with Crippen LogP contribution in [0.2, 0.25) is 0 Å². The van der Waals surface area contributed by atoms with Gasteiger partial charge in [0.2, 0.25) is 0 Å². The molecule has 1 aliphatic carbocycles. The molecule has 0 bridgehead atoms. The molecule has 0 aromatic carbocycles. The molecule has 3 unspecified atom stereocenters. The highest BCUT2D eigenvalue weighted by atomic mass is 16.2. The van der Waals surface area contributed by atoms with Crippen molar-refractivity contribution in [2.75, 3.05) is 13.1 Å². The smallest absolute Gasteiger partial charge is 0.312 e.